The van der Waals surface area contributed by atoms with E-state index in [0.717, 1.165) is 31.9 Å². The van der Waals surface area contributed by atoms with E-state index in [2.05, 4.69) is 30.0 Å². The molecule has 0 spiro atoms. The average molecular weight is 696 g/mol. The van der Waals surface area contributed by atoms with E-state index in [0.29, 0.717) is 22.7 Å². The third-order valence-corrected chi connectivity index (χ3v) is 9.41. The number of hydrogen-bond acceptors (Lipinski definition) is 14. The summed E-state index contributed by atoms with van der Waals surface area (Å²) >= 11 is 6.37. The van der Waals surface area contributed by atoms with E-state index in [-0.39, 0.29) is 40.0 Å². The van der Waals surface area contributed by atoms with Crippen molar-refractivity contribution in [3.05, 3.63) is 94.8 Å². The molecule has 250 valence electrons. The van der Waals surface area contributed by atoms with Crippen molar-refractivity contribution in [1.29, 1.82) is 0 Å². The topological polar surface area (TPSA) is 179 Å². The molecular formula is C31H30ClN7O8S. The summed E-state index contributed by atoms with van der Waals surface area (Å²) < 4.78 is 47.8. The predicted molar refractivity (Wildman–Crippen MR) is 172 cm³/mol. The van der Waals surface area contributed by atoms with Gasteiger partial charge in [0.15, 0.2) is 0 Å². The van der Waals surface area contributed by atoms with E-state index in [4.69, 9.17) is 25.8 Å². The average Bonchev–Trinajstić information content (AvgIpc) is 3.50. The highest BCUT2D eigenvalue weighted by atomic mass is 35.5. The Morgan fingerprint density at radius 1 is 1.04 bits per heavy atom. The van der Waals surface area contributed by atoms with Crippen molar-refractivity contribution in [1.82, 2.24) is 20.0 Å². The number of hydrogen-bond donors (Lipinski definition) is 2. The summed E-state index contributed by atoms with van der Waals surface area (Å²) in [5.74, 6) is 0.731. The third-order valence-electron chi connectivity index (χ3n) is 7.42. The third kappa shape index (κ3) is 7.21. The Kier molecular flexibility index (Phi) is 9.77. The molecule has 0 amide bonds. The molecule has 48 heavy (non-hydrogen) atoms. The molecule has 17 heteroatoms. The van der Waals surface area contributed by atoms with E-state index in [9.17, 15) is 18.7 Å². The van der Waals surface area contributed by atoms with Crippen LogP contribution in [0.25, 0.3) is 0 Å². The maximum Gasteiger partial charge on any atom is 0.415 e. The van der Waals surface area contributed by atoms with Crippen molar-refractivity contribution in [3.63, 3.8) is 0 Å². The fraction of sp³-hybridized carbons (Fsp3) is 0.226. The standard InChI is InChI=1S/C31H30ClN7O8S/c1-44-27-17-22(38-14-12-37(20-40)13-15-38)10-11-26(27)34-31-33-18-25(32)28(35-31)46-23-7-5-6-21(16-23)19-45-29-30(39(41)47-36-29)48(42,43)24-8-3-2-4-9-24/h2-11,16-18,40H,12-15,19-20H2,1H3,(H,33,34,35). The molecule has 1 aliphatic heterocycles. The number of nitrogens with zero attached hydrogens (tertiary/aromatic N) is 6. The first kappa shape index (κ1) is 32.8. The lowest BCUT2D eigenvalue weighted by molar-refractivity contribution is -0.832. The number of sulfone groups is 1. The molecule has 1 aliphatic rings. The van der Waals surface area contributed by atoms with Gasteiger partial charge in [-0.2, -0.15) is 4.98 Å². The Morgan fingerprint density at radius 3 is 2.58 bits per heavy atom. The van der Waals surface area contributed by atoms with Gasteiger partial charge in [0, 0.05) is 37.9 Å². The molecule has 0 atom stereocenters. The number of ether oxygens (including phenoxy) is 3. The van der Waals surface area contributed by atoms with Gasteiger partial charge in [0.2, 0.25) is 11.8 Å². The summed E-state index contributed by atoms with van der Waals surface area (Å²) in [6.45, 7) is 2.96. The van der Waals surface area contributed by atoms with Gasteiger partial charge in [0.05, 0.1) is 35.8 Å². The number of aliphatic hydroxyl groups is 1. The quantitative estimate of drug-likeness (QED) is 0.180. The smallest absolute Gasteiger partial charge is 0.415 e. The van der Waals surface area contributed by atoms with Crippen LogP contribution in [0.3, 0.4) is 0 Å². The molecule has 0 saturated carbocycles. The lowest BCUT2D eigenvalue weighted by Crippen LogP contribution is -2.46. The number of aromatic nitrogens is 4. The highest BCUT2D eigenvalue weighted by Gasteiger charge is 2.35. The number of aliphatic hydroxyl groups excluding tert-OH is 1. The molecule has 1 saturated heterocycles. The monoisotopic (exact) mass is 695 g/mol. The summed E-state index contributed by atoms with van der Waals surface area (Å²) in [7, 11) is -2.69. The van der Waals surface area contributed by atoms with E-state index in [1.165, 1.54) is 30.5 Å². The van der Waals surface area contributed by atoms with Gasteiger partial charge in [0.1, 0.15) is 23.1 Å². The molecule has 0 unspecified atom stereocenters. The molecule has 3 aromatic carbocycles. The number of rotatable bonds is 12. The lowest BCUT2D eigenvalue weighted by Gasteiger charge is -2.35. The molecule has 2 N–H and O–H groups in total. The van der Waals surface area contributed by atoms with Gasteiger partial charge in [-0.05, 0) is 46.9 Å². The summed E-state index contributed by atoms with van der Waals surface area (Å²) in [4.78, 5) is 12.6. The Hall–Kier alpha value is -5.16. The van der Waals surface area contributed by atoms with Crippen molar-refractivity contribution in [2.45, 2.75) is 16.5 Å². The van der Waals surface area contributed by atoms with Gasteiger partial charge < -0.3 is 34.7 Å². The van der Waals surface area contributed by atoms with Crippen molar-refractivity contribution in [3.8, 4) is 23.3 Å². The normalized spacial score (nSPS) is 13.7. The maximum absolute atomic E-state index is 13.0. The van der Waals surface area contributed by atoms with Gasteiger partial charge >= 0.3 is 10.9 Å². The Morgan fingerprint density at radius 2 is 1.83 bits per heavy atom. The number of anilines is 3. The Bertz CT molecular complexity index is 1990. The number of piperazine rings is 1. The van der Waals surface area contributed by atoms with Crippen molar-refractivity contribution in [2.24, 2.45) is 0 Å². The van der Waals surface area contributed by atoms with Crippen LogP contribution in [0.4, 0.5) is 17.3 Å². The zero-order valence-corrected chi connectivity index (χ0v) is 27.1. The van der Waals surface area contributed by atoms with Gasteiger partial charge in [-0.1, -0.05) is 41.9 Å². The lowest BCUT2D eigenvalue weighted by atomic mass is 10.2. The van der Waals surface area contributed by atoms with Crippen molar-refractivity contribution in [2.75, 3.05) is 50.2 Å². The minimum Gasteiger partial charge on any atom is -0.494 e. The van der Waals surface area contributed by atoms with E-state index >= 15 is 0 Å². The molecule has 15 nitrogen and oxygen atoms in total. The first-order valence-electron chi connectivity index (χ1n) is 14.6. The summed E-state index contributed by atoms with van der Waals surface area (Å²) in [6, 6.07) is 19.9. The number of benzene rings is 3. The highest BCUT2D eigenvalue weighted by Crippen LogP contribution is 2.34. The second-order valence-electron chi connectivity index (χ2n) is 10.5. The molecule has 3 heterocycles. The highest BCUT2D eigenvalue weighted by molar-refractivity contribution is 7.91. The number of halogens is 1. The van der Waals surface area contributed by atoms with Crippen LogP contribution < -0.4 is 29.3 Å². The molecular weight excluding hydrogens is 666 g/mol. The minimum absolute atomic E-state index is 0.0462. The van der Waals surface area contributed by atoms with Crippen LogP contribution in [0.2, 0.25) is 5.02 Å². The van der Waals surface area contributed by atoms with Gasteiger partial charge in [-0.15, -0.1) is 0 Å². The summed E-state index contributed by atoms with van der Waals surface area (Å²) in [5.41, 5.74) is 2.18. The zero-order valence-electron chi connectivity index (χ0n) is 25.5. The fourth-order valence-corrected chi connectivity index (χ4v) is 6.36. The number of methoxy groups -OCH3 is 1. The van der Waals surface area contributed by atoms with E-state index in [1.807, 2.05) is 23.1 Å². The molecule has 2 aromatic heterocycles. The van der Waals surface area contributed by atoms with Crippen LogP contribution in [0, 0.1) is 5.21 Å². The van der Waals surface area contributed by atoms with Crippen LogP contribution in [0.15, 0.2) is 93.5 Å². The van der Waals surface area contributed by atoms with E-state index < -0.39 is 20.7 Å². The SMILES string of the molecule is COc1cc(N2CCN(CO)CC2)ccc1Nc1ncc(Cl)c(Oc2cccc(COc3no[n+]([O-])c3S(=O)(=O)c3ccccc3)c2)n1. The second kappa shape index (κ2) is 14.3. The molecule has 6 rings (SSSR count). The van der Waals surface area contributed by atoms with E-state index in [1.54, 1.807) is 37.4 Å². The first-order valence-corrected chi connectivity index (χ1v) is 16.5. The summed E-state index contributed by atoms with van der Waals surface area (Å²) in [5, 5.41) is 27.6. The van der Waals surface area contributed by atoms with Gasteiger partial charge in [-0.3, -0.25) is 9.53 Å². The molecule has 0 bridgehead atoms. The fourth-order valence-electron chi connectivity index (χ4n) is 4.93. The van der Waals surface area contributed by atoms with Crippen LogP contribution >= 0.6 is 11.6 Å². The maximum atomic E-state index is 13.0. The van der Waals surface area contributed by atoms with Gasteiger partial charge in [0.25, 0.3) is 9.84 Å². The van der Waals surface area contributed by atoms with Crippen LogP contribution in [0.1, 0.15) is 5.56 Å². The predicted octanol–water partition coefficient (Wildman–Crippen LogP) is 3.78. The summed E-state index contributed by atoms with van der Waals surface area (Å²) in [6.07, 6.45) is 1.40. The van der Waals surface area contributed by atoms with Crippen LogP contribution in [-0.2, 0) is 16.4 Å². The van der Waals surface area contributed by atoms with Gasteiger partial charge in [-0.25, -0.2) is 13.4 Å². The molecule has 0 aliphatic carbocycles. The first-order chi connectivity index (χ1) is 23.2. The minimum atomic E-state index is -4.27. The second-order valence-corrected chi connectivity index (χ2v) is 12.8. The molecule has 5 aromatic rings. The Balaban J connectivity index is 1.14. The van der Waals surface area contributed by atoms with Crippen LogP contribution in [-0.4, -0.2) is 73.6 Å². The van der Waals surface area contributed by atoms with Crippen molar-refractivity contribution >= 4 is 38.8 Å². The van der Waals surface area contributed by atoms with Crippen LogP contribution in [0.5, 0.6) is 23.3 Å². The zero-order chi connectivity index (χ0) is 33.7. The molecule has 0 radical (unpaired) electrons. The largest absolute Gasteiger partial charge is 0.494 e. The molecule has 1 fully saturated rings. The Labute approximate surface area is 280 Å². The van der Waals surface area contributed by atoms with Crippen molar-refractivity contribution < 1.29 is 37.3 Å². The number of nitrogens with one attached hydrogen (secondary N) is 1.